The summed E-state index contributed by atoms with van der Waals surface area (Å²) in [4.78, 5) is 0. The van der Waals surface area contributed by atoms with Crippen molar-refractivity contribution >= 4 is 0 Å². The van der Waals surface area contributed by atoms with Gasteiger partial charge in [-0.15, -0.1) is 0 Å². The van der Waals surface area contributed by atoms with E-state index in [0.717, 1.165) is 12.2 Å². The first-order chi connectivity index (χ1) is 6.98. The summed E-state index contributed by atoms with van der Waals surface area (Å²) in [5.41, 5.74) is 2.66. The van der Waals surface area contributed by atoms with Crippen LogP contribution in [0.1, 0.15) is 45.2 Å². The molecule has 0 bridgehead atoms. The standard InChI is InChI=1S/C11H14O.C3H8/c1-8-4-5-10-9(6-8)7-11(2,3)12-10;1-3-2/h4-6H,7H2,1-3H3;3H2,1-2H3. The number of fused-ring (bicyclic) bond motifs is 1. The maximum absolute atomic E-state index is 5.75. The van der Waals surface area contributed by atoms with E-state index in [1.54, 1.807) is 0 Å². The largest absolute Gasteiger partial charge is 0.487 e. The van der Waals surface area contributed by atoms with E-state index in [4.69, 9.17) is 4.74 Å². The van der Waals surface area contributed by atoms with Gasteiger partial charge in [-0.2, -0.15) is 0 Å². The molecule has 0 saturated carbocycles. The number of rotatable bonds is 0. The van der Waals surface area contributed by atoms with Crippen molar-refractivity contribution in [3.63, 3.8) is 0 Å². The zero-order valence-corrected chi connectivity index (χ0v) is 10.6. The lowest BCUT2D eigenvalue weighted by Gasteiger charge is -2.16. The summed E-state index contributed by atoms with van der Waals surface area (Å²) in [6, 6.07) is 6.38. The fraction of sp³-hybridized carbons (Fsp3) is 0.571. The number of ether oxygens (including phenoxy) is 1. The number of hydrogen-bond donors (Lipinski definition) is 0. The minimum Gasteiger partial charge on any atom is -0.487 e. The molecule has 15 heavy (non-hydrogen) atoms. The van der Waals surface area contributed by atoms with Crippen LogP contribution >= 0.6 is 0 Å². The second kappa shape index (κ2) is 4.69. The molecule has 1 aromatic rings. The Bertz CT molecular complexity index is 326. The van der Waals surface area contributed by atoms with Crippen molar-refractivity contribution in [1.29, 1.82) is 0 Å². The van der Waals surface area contributed by atoms with E-state index in [9.17, 15) is 0 Å². The molecular weight excluding hydrogens is 184 g/mol. The highest BCUT2D eigenvalue weighted by Gasteiger charge is 2.29. The van der Waals surface area contributed by atoms with Gasteiger partial charge in [-0.1, -0.05) is 38.0 Å². The van der Waals surface area contributed by atoms with E-state index in [0.29, 0.717) is 0 Å². The average molecular weight is 206 g/mol. The number of benzene rings is 1. The highest BCUT2D eigenvalue weighted by atomic mass is 16.5. The number of hydrogen-bond acceptors (Lipinski definition) is 1. The van der Waals surface area contributed by atoms with Crippen LogP contribution in [-0.4, -0.2) is 5.60 Å². The zero-order chi connectivity index (χ0) is 11.5. The van der Waals surface area contributed by atoms with Crippen LogP contribution in [0, 0.1) is 6.92 Å². The van der Waals surface area contributed by atoms with Gasteiger partial charge < -0.3 is 4.74 Å². The van der Waals surface area contributed by atoms with E-state index >= 15 is 0 Å². The lowest BCUT2D eigenvalue weighted by atomic mass is 10.0. The van der Waals surface area contributed by atoms with Gasteiger partial charge in [0.05, 0.1) is 0 Å². The molecule has 0 aliphatic carbocycles. The Hall–Kier alpha value is -0.980. The van der Waals surface area contributed by atoms with E-state index in [2.05, 4.69) is 52.8 Å². The first kappa shape index (κ1) is 12.1. The Balaban J connectivity index is 0.000000337. The summed E-state index contributed by atoms with van der Waals surface area (Å²) in [5, 5.41) is 0. The normalized spacial score (nSPS) is 16.1. The molecule has 1 heterocycles. The highest BCUT2D eigenvalue weighted by molar-refractivity contribution is 5.41. The number of aryl methyl sites for hydroxylation is 1. The van der Waals surface area contributed by atoms with Crippen molar-refractivity contribution < 1.29 is 4.74 Å². The quantitative estimate of drug-likeness (QED) is 0.620. The average Bonchev–Trinajstić information content (AvgIpc) is 2.39. The Morgan fingerprint density at radius 3 is 2.47 bits per heavy atom. The highest BCUT2D eigenvalue weighted by Crippen LogP contribution is 2.34. The Morgan fingerprint density at radius 1 is 1.27 bits per heavy atom. The van der Waals surface area contributed by atoms with Gasteiger partial charge in [-0.25, -0.2) is 0 Å². The van der Waals surface area contributed by atoms with Gasteiger partial charge in [-0.3, -0.25) is 0 Å². The van der Waals surface area contributed by atoms with Crippen LogP contribution in [0.15, 0.2) is 18.2 Å². The maximum atomic E-state index is 5.75. The topological polar surface area (TPSA) is 9.23 Å². The van der Waals surface area contributed by atoms with E-state index in [1.807, 2.05) is 0 Å². The van der Waals surface area contributed by atoms with E-state index < -0.39 is 0 Å². The Labute approximate surface area is 93.5 Å². The van der Waals surface area contributed by atoms with Crippen molar-refractivity contribution in [2.45, 2.75) is 53.1 Å². The minimum atomic E-state index is -0.00384. The minimum absolute atomic E-state index is 0.00384. The maximum Gasteiger partial charge on any atom is 0.123 e. The van der Waals surface area contributed by atoms with Crippen molar-refractivity contribution in [3.8, 4) is 5.75 Å². The molecule has 0 fully saturated rings. The van der Waals surface area contributed by atoms with Gasteiger partial charge >= 0.3 is 0 Å². The smallest absolute Gasteiger partial charge is 0.123 e. The van der Waals surface area contributed by atoms with Crippen LogP contribution in [0.2, 0.25) is 0 Å². The van der Waals surface area contributed by atoms with Crippen LogP contribution in [0.5, 0.6) is 5.75 Å². The molecule has 0 N–H and O–H groups in total. The van der Waals surface area contributed by atoms with Gasteiger partial charge in [0.2, 0.25) is 0 Å². The fourth-order valence-electron chi connectivity index (χ4n) is 1.74. The van der Waals surface area contributed by atoms with Gasteiger partial charge in [0.25, 0.3) is 0 Å². The van der Waals surface area contributed by atoms with Crippen molar-refractivity contribution in [3.05, 3.63) is 29.3 Å². The van der Waals surface area contributed by atoms with Gasteiger partial charge in [0.15, 0.2) is 0 Å². The second-order valence-corrected chi connectivity index (χ2v) is 4.86. The third-order valence-electron chi connectivity index (χ3n) is 2.22. The molecule has 0 amide bonds. The molecule has 0 radical (unpaired) electrons. The SMILES string of the molecule is CCC.Cc1ccc2c(c1)CC(C)(C)O2. The van der Waals surface area contributed by atoms with Crippen molar-refractivity contribution in [2.75, 3.05) is 0 Å². The zero-order valence-electron chi connectivity index (χ0n) is 10.6. The molecule has 1 aromatic carbocycles. The first-order valence-electron chi connectivity index (χ1n) is 5.77. The monoisotopic (exact) mass is 206 g/mol. The van der Waals surface area contributed by atoms with E-state index in [-0.39, 0.29) is 5.60 Å². The Kier molecular flexibility index (Phi) is 3.78. The first-order valence-corrected chi connectivity index (χ1v) is 5.77. The fourth-order valence-corrected chi connectivity index (χ4v) is 1.74. The molecule has 2 rings (SSSR count). The second-order valence-electron chi connectivity index (χ2n) is 4.86. The molecule has 0 atom stereocenters. The molecular formula is C14H22O. The molecule has 0 unspecified atom stereocenters. The van der Waals surface area contributed by atoms with Gasteiger partial charge in [0.1, 0.15) is 11.4 Å². The predicted octanol–water partition coefficient (Wildman–Crippen LogP) is 4.12. The Morgan fingerprint density at radius 2 is 1.87 bits per heavy atom. The molecule has 0 saturated heterocycles. The summed E-state index contributed by atoms with van der Waals surface area (Å²) in [6.45, 7) is 10.6. The van der Waals surface area contributed by atoms with Crippen LogP contribution < -0.4 is 4.74 Å². The van der Waals surface area contributed by atoms with Crippen LogP contribution in [-0.2, 0) is 6.42 Å². The molecule has 1 aliphatic heterocycles. The molecule has 1 heteroatoms. The van der Waals surface area contributed by atoms with Gasteiger partial charge in [-0.05, 0) is 32.4 Å². The van der Waals surface area contributed by atoms with Crippen molar-refractivity contribution in [2.24, 2.45) is 0 Å². The summed E-state index contributed by atoms with van der Waals surface area (Å²) in [5.74, 6) is 1.06. The third kappa shape index (κ3) is 3.26. The molecule has 0 aromatic heterocycles. The predicted molar refractivity (Wildman–Crippen MR) is 65.6 cm³/mol. The van der Waals surface area contributed by atoms with Crippen LogP contribution in [0.4, 0.5) is 0 Å². The van der Waals surface area contributed by atoms with Crippen molar-refractivity contribution in [1.82, 2.24) is 0 Å². The lowest BCUT2D eigenvalue weighted by Crippen LogP contribution is -2.24. The molecule has 1 nitrogen and oxygen atoms in total. The van der Waals surface area contributed by atoms with E-state index in [1.165, 1.54) is 17.5 Å². The third-order valence-corrected chi connectivity index (χ3v) is 2.22. The van der Waals surface area contributed by atoms with Crippen LogP contribution in [0.25, 0.3) is 0 Å². The molecule has 0 spiro atoms. The van der Waals surface area contributed by atoms with Gasteiger partial charge in [0, 0.05) is 6.42 Å². The van der Waals surface area contributed by atoms with Crippen LogP contribution in [0.3, 0.4) is 0 Å². The summed E-state index contributed by atoms with van der Waals surface area (Å²) >= 11 is 0. The summed E-state index contributed by atoms with van der Waals surface area (Å²) in [6.07, 6.45) is 2.28. The summed E-state index contributed by atoms with van der Waals surface area (Å²) in [7, 11) is 0. The lowest BCUT2D eigenvalue weighted by molar-refractivity contribution is 0.138. The molecule has 84 valence electrons. The molecule has 1 aliphatic rings. The summed E-state index contributed by atoms with van der Waals surface area (Å²) < 4.78 is 5.75.